The van der Waals surface area contributed by atoms with Crippen LogP contribution in [0.3, 0.4) is 0 Å². The van der Waals surface area contributed by atoms with Gasteiger partial charge in [0.1, 0.15) is 0 Å². The number of hydrogen-bond acceptors (Lipinski definition) is 3. The number of rotatable bonds is 4. The summed E-state index contributed by atoms with van der Waals surface area (Å²) in [6, 6.07) is 15.5. The molecule has 1 saturated carbocycles. The summed E-state index contributed by atoms with van der Waals surface area (Å²) in [5.74, 6) is 0.235. The SMILES string of the molecule is O=C(Nc1cccc(NC(=O)C2Cc3ccccc3S2)c1)C1CC1. The molecule has 1 unspecified atom stereocenters. The van der Waals surface area contributed by atoms with Crippen molar-refractivity contribution in [3.05, 3.63) is 54.1 Å². The molecule has 2 N–H and O–H groups in total. The van der Waals surface area contributed by atoms with Gasteiger partial charge in [-0.15, -0.1) is 11.8 Å². The minimum absolute atomic E-state index is 0.00173. The van der Waals surface area contributed by atoms with Crippen LogP contribution >= 0.6 is 11.8 Å². The summed E-state index contributed by atoms with van der Waals surface area (Å²) >= 11 is 1.61. The fraction of sp³-hybridized carbons (Fsp3) is 0.263. The van der Waals surface area contributed by atoms with Gasteiger partial charge in [-0.25, -0.2) is 0 Å². The number of fused-ring (bicyclic) bond motifs is 1. The Labute approximate surface area is 145 Å². The molecule has 0 aromatic heterocycles. The van der Waals surface area contributed by atoms with Crippen LogP contribution in [-0.4, -0.2) is 17.1 Å². The maximum Gasteiger partial charge on any atom is 0.238 e. The number of carbonyl (C=O) groups is 2. The summed E-state index contributed by atoms with van der Waals surface area (Å²) in [5.41, 5.74) is 2.67. The number of carbonyl (C=O) groups excluding carboxylic acids is 2. The topological polar surface area (TPSA) is 58.2 Å². The largest absolute Gasteiger partial charge is 0.326 e. The number of benzene rings is 2. The first-order chi connectivity index (χ1) is 11.7. The fourth-order valence-corrected chi connectivity index (χ4v) is 4.01. The second-order valence-corrected chi connectivity index (χ2v) is 7.50. The van der Waals surface area contributed by atoms with Crippen molar-refractivity contribution in [3.63, 3.8) is 0 Å². The number of hydrogen-bond donors (Lipinski definition) is 2. The molecule has 1 atom stereocenters. The first-order valence-corrected chi connectivity index (χ1v) is 9.03. The highest BCUT2D eigenvalue weighted by Crippen LogP contribution is 2.37. The summed E-state index contributed by atoms with van der Waals surface area (Å²) < 4.78 is 0. The summed E-state index contributed by atoms with van der Waals surface area (Å²) in [6.07, 6.45) is 2.70. The van der Waals surface area contributed by atoms with Crippen LogP contribution in [0.25, 0.3) is 0 Å². The van der Waals surface area contributed by atoms with Crippen LogP contribution in [0.1, 0.15) is 18.4 Å². The van der Waals surface area contributed by atoms with Gasteiger partial charge in [-0.3, -0.25) is 9.59 Å². The highest BCUT2D eigenvalue weighted by molar-refractivity contribution is 8.01. The lowest BCUT2D eigenvalue weighted by atomic mass is 10.1. The summed E-state index contributed by atoms with van der Waals surface area (Å²) in [4.78, 5) is 25.5. The van der Waals surface area contributed by atoms with Crippen molar-refractivity contribution in [3.8, 4) is 0 Å². The molecule has 5 heteroatoms. The van der Waals surface area contributed by atoms with E-state index in [1.54, 1.807) is 11.8 Å². The Hall–Kier alpha value is -2.27. The lowest BCUT2D eigenvalue weighted by Gasteiger charge is -2.11. The van der Waals surface area contributed by atoms with Gasteiger partial charge in [-0.2, -0.15) is 0 Å². The first-order valence-electron chi connectivity index (χ1n) is 8.15. The van der Waals surface area contributed by atoms with Gasteiger partial charge in [0.25, 0.3) is 0 Å². The van der Waals surface area contributed by atoms with Gasteiger partial charge in [0, 0.05) is 22.2 Å². The van der Waals surface area contributed by atoms with Crippen LogP contribution in [0.15, 0.2) is 53.4 Å². The molecule has 2 amide bonds. The third-order valence-electron chi connectivity index (χ3n) is 4.29. The van der Waals surface area contributed by atoms with Crippen LogP contribution in [-0.2, 0) is 16.0 Å². The molecule has 0 saturated heterocycles. The molecule has 1 heterocycles. The van der Waals surface area contributed by atoms with E-state index in [4.69, 9.17) is 0 Å². The Morgan fingerprint density at radius 1 is 0.917 bits per heavy atom. The highest BCUT2D eigenvalue weighted by Gasteiger charge is 2.30. The third kappa shape index (κ3) is 3.31. The molecule has 0 radical (unpaired) electrons. The molecule has 2 aromatic carbocycles. The van der Waals surface area contributed by atoms with Crippen molar-refractivity contribution in [1.82, 2.24) is 0 Å². The Morgan fingerprint density at radius 2 is 1.62 bits per heavy atom. The molecule has 2 aliphatic rings. The molecule has 1 aliphatic heterocycles. The van der Waals surface area contributed by atoms with Gasteiger partial charge >= 0.3 is 0 Å². The normalized spacial score (nSPS) is 18.8. The van der Waals surface area contributed by atoms with Gasteiger partial charge in [0.05, 0.1) is 5.25 Å². The van der Waals surface area contributed by atoms with E-state index < -0.39 is 0 Å². The average Bonchev–Trinajstić information content (AvgIpc) is 3.34. The van der Waals surface area contributed by atoms with E-state index in [2.05, 4.69) is 22.8 Å². The summed E-state index contributed by atoms with van der Waals surface area (Å²) in [5, 5.41) is 5.77. The van der Waals surface area contributed by atoms with Crippen LogP contribution in [0, 0.1) is 5.92 Å². The molecule has 2 aromatic rings. The Bertz CT molecular complexity index is 776. The van der Waals surface area contributed by atoms with Crippen LogP contribution in [0.5, 0.6) is 0 Å². The molecular weight excluding hydrogens is 320 g/mol. The number of amides is 2. The Morgan fingerprint density at radius 3 is 2.33 bits per heavy atom. The van der Waals surface area contributed by atoms with Gasteiger partial charge in [0.2, 0.25) is 11.8 Å². The first kappa shape index (κ1) is 15.3. The van der Waals surface area contributed by atoms with E-state index in [9.17, 15) is 9.59 Å². The van der Waals surface area contributed by atoms with Gasteiger partial charge < -0.3 is 10.6 Å². The van der Waals surface area contributed by atoms with Crippen LogP contribution in [0.2, 0.25) is 0 Å². The van der Waals surface area contributed by atoms with Crippen molar-refractivity contribution in [2.24, 2.45) is 5.92 Å². The smallest absolute Gasteiger partial charge is 0.238 e. The van der Waals surface area contributed by atoms with Crippen molar-refractivity contribution < 1.29 is 9.59 Å². The third-order valence-corrected chi connectivity index (χ3v) is 5.60. The lowest BCUT2D eigenvalue weighted by molar-refractivity contribution is -0.117. The number of nitrogens with one attached hydrogen (secondary N) is 2. The zero-order valence-electron chi connectivity index (χ0n) is 13.1. The standard InChI is InChI=1S/C19H18N2O2S/c22-18(12-8-9-12)20-14-5-3-6-15(11-14)21-19(23)17-10-13-4-1-2-7-16(13)24-17/h1-7,11-12,17H,8-10H2,(H,20,22)(H,21,23). The van der Waals surface area contributed by atoms with E-state index >= 15 is 0 Å². The van der Waals surface area contributed by atoms with Gasteiger partial charge in [0.15, 0.2) is 0 Å². The van der Waals surface area contributed by atoms with Crippen LogP contribution < -0.4 is 10.6 Å². The summed E-state index contributed by atoms with van der Waals surface area (Å²) in [7, 11) is 0. The molecule has 4 nitrogen and oxygen atoms in total. The molecule has 0 bridgehead atoms. The quantitative estimate of drug-likeness (QED) is 0.894. The minimum Gasteiger partial charge on any atom is -0.326 e. The van der Waals surface area contributed by atoms with Crippen molar-refractivity contribution >= 4 is 35.0 Å². The Balaban J connectivity index is 1.40. The molecule has 122 valence electrons. The molecule has 24 heavy (non-hydrogen) atoms. The molecular formula is C19H18N2O2S. The van der Waals surface area contributed by atoms with E-state index in [1.165, 1.54) is 10.5 Å². The van der Waals surface area contributed by atoms with Crippen molar-refractivity contribution in [2.45, 2.75) is 29.4 Å². The maximum absolute atomic E-state index is 12.5. The van der Waals surface area contributed by atoms with Crippen molar-refractivity contribution in [1.29, 1.82) is 0 Å². The zero-order chi connectivity index (χ0) is 16.5. The minimum atomic E-state index is -0.105. The van der Waals surface area contributed by atoms with Gasteiger partial charge in [-0.1, -0.05) is 24.3 Å². The molecule has 4 rings (SSSR count). The molecule has 1 fully saturated rings. The summed E-state index contributed by atoms with van der Waals surface area (Å²) in [6.45, 7) is 0. The number of thioether (sulfide) groups is 1. The second-order valence-electron chi connectivity index (χ2n) is 6.25. The van der Waals surface area contributed by atoms with Gasteiger partial charge in [-0.05, 0) is 49.1 Å². The van der Waals surface area contributed by atoms with E-state index in [-0.39, 0.29) is 23.0 Å². The Kier molecular flexibility index (Phi) is 4.02. The van der Waals surface area contributed by atoms with E-state index in [0.717, 1.165) is 24.9 Å². The second kappa shape index (κ2) is 6.32. The van der Waals surface area contributed by atoms with Crippen molar-refractivity contribution in [2.75, 3.05) is 10.6 Å². The average molecular weight is 338 g/mol. The van der Waals surface area contributed by atoms with E-state index in [1.807, 2.05) is 36.4 Å². The molecule has 1 aliphatic carbocycles. The maximum atomic E-state index is 12.5. The predicted octanol–water partition coefficient (Wildman–Crippen LogP) is 3.69. The molecule has 0 spiro atoms. The zero-order valence-corrected chi connectivity index (χ0v) is 13.9. The van der Waals surface area contributed by atoms with E-state index in [0.29, 0.717) is 5.69 Å². The predicted molar refractivity (Wildman–Crippen MR) is 96.2 cm³/mol. The number of anilines is 2. The lowest BCUT2D eigenvalue weighted by Crippen LogP contribution is -2.24. The monoisotopic (exact) mass is 338 g/mol. The van der Waals surface area contributed by atoms with Crippen LogP contribution in [0.4, 0.5) is 11.4 Å². The highest BCUT2D eigenvalue weighted by atomic mass is 32.2. The fourth-order valence-electron chi connectivity index (χ4n) is 2.82.